The van der Waals surface area contributed by atoms with Gasteiger partial charge in [0.2, 0.25) is 0 Å². The second-order valence-electron chi connectivity index (χ2n) is 17.5. The van der Waals surface area contributed by atoms with E-state index < -0.39 is 36.1 Å². The summed E-state index contributed by atoms with van der Waals surface area (Å²) in [5, 5.41) is 58.8. The number of aliphatic hydroxyl groups is 1. The molecule has 0 bridgehead atoms. The van der Waals surface area contributed by atoms with Gasteiger partial charge in [0, 0.05) is 73.5 Å². The number of aromatic hydroxyl groups is 4. The number of phenols is 4. The van der Waals surface area contributed by atoms with Crippen molar-refractivity contribution in [1.29, 1.82) is 0 Å². The first-order valence-corrected chi connectivity index (χ1v) is 23.2. The molecule has 5 N–H and O–H groups in total. The first-order chi connectivity index (χ1) is 31.7. The Hall–Kier alpha value is -4.51. The second-order valence-corrected chi connectivity index (χ2v) is 18.4. The van der Waals surface area contributed by atoms with Gasteiger partial charge in [0.25, 0.3) is 0 Å². The Labute approximate surface area is 413 Å². The average Bonchev–Trinajstić information content (AvgIpc) is 3.31. The zero-order chi connectivity index (χ0) is 46.9. The van der Waals surface area contributed by atoms with Gasteiger partial charge in [0.1, 0.15) is 52.8 Å². The van der Waals surface area contributed by atoms with Gasteiger partial charge in [-0.3, -0.25) is 0 Å². The first-order valence-electron chi connectivity index (χ1n) is 21.4. The molecule has 12 nitrogen and oxygen atoms in total. The number of phenolic OH excluding ortho intramolecular Hbond substituents is 4. The Morgan fingerprint density at radius 2 is 1.21 bits per heavy atom. The van der Waals surface area contributed by atoms with E-state index in [1.54, 1.807) is 36.4 Å². The molecule has 0 saturated heterocycles. The molecule has 12 atom stereocenters. The molecular formula is C50H51MoO12P4-. The van der Waals surface area contributed by atoms with E-state index in [2.05, 4.69) is 82.9 Å². The normalized spacial score (nSPS) is 22.6. The van der Waals surface area contributed by atoms with Crippen molar-refractivity contribution in [2.75, 3.05) is 0 Å². The standard InChI is InChI=1S/C50H51O12P4.Mo/c1-21-6-8-26(14-23(21)3)46-24(4)15-31-22(2)7-11-30(49(31)57-46)40-25(5)47(27-9-12-32(51)33(52)16-27)58-50-41(40)34(53)20-35(54)42(50)44-43-38(18-29(59-63)19-39(43)62-66)56-48(45(44)55)28-10-13-36(60-64)37(17-28)61-65;/h6-10,12-14,16-20,24-25,40,44-48,51-55H,15,63-66H2,1-5H3;/q-1;. The SMILES string of the molecule is Cc1ccc(C2Oc3c(C4c5c(O)cc(O)c(C6c7c(OP)cc(OP)cc7OC(c7ccc(OP)c(OP)c7)C6O)c5OC(c5ccc(O)c(O)c5)C4C)[c-]cc(C)c3CC2C)cc1C.[Mo]. The van der Waals surface area contributed by atoms with Crippen molar-refractivity contribution in [3.8, 4) is 63.2 Å². The summed E-state index contributed by atoms with van der Waals surface area (Å²) < 4.78 is 43.3. The summed E-state index contributed by atoms with van der Waals surface area (Å²) in [5.41, 5.74) is 7.92. The molecule has 3 aliphatic rings. The Morgan fingerprint density at radius 3 is 1.88 bits per heavy atom. The van der Waals surface area contributed by atoms with Gasteiger partial charge in [-0.15, -0.1) is 11.1 Å². The minimum Gasteiger partial charge on any atom is -0.543 e. The van der Waals surface area contributed by atoms with E-state index in [9.17, 15) is 25.5 Å². The number of aliphatic hydroxyl groups excluding tert-OH is 1. The average molecular weight is 1060 g/mol. The van der Waals surface area contributed by atoms with Crippen molar-refractivity contribution in [2.45, 2.75) is 77.3 Å². The molecule has 3 aliphatic heterocycles. The largest absolute Gasteiger partial charge is 0.543 e. The molecule has 0 amide bonds. The van der Waals surface area contributed by atoms with Crippen molar-refractivity contribution in [1.82, 2.24) is 0 Å². The third kappa shape index (κ3) is 8.55. The number of hydrogen-bond acceptors (Lipinski definition) is 12. The van der Waals surface area contributed by atoms with Crippen molar-refractivity contribution >= 4 is 37.9 Å². The van der Waals surface area contributed by atoms with Crippen molar-refractivity contribution in [3.63, 3.8) is 0 Å². The predicted octanol–water partition coefficient (Wildman–Crippen LogP) is 10.7. The fourth-order valence-electron chi connectivity index (χ4n) is 10.0. The monoisotopic (exact) mass is 1070 g/mol. The number of rotatable bonds is 9. The zero-order valence-electron chi connectivity index (χ0n) is 37.1. The summed E-state index contributed by atoms with van der Waals surface area (Å²) in [6, 6.07) is 26.1. The van der Waals surface area contributed by atoms with Gasteiger partial charge in [0.15, 0.2) is 29.1 Å². The molecule has 3 heterocycles. The summed E-state index contributed by atoms with van der Waals surface area (Å²) >= 11 is 0. The van der Waals surface area contributed by atoms with Gasteiger partial charge in [-0.25, -0.2) is 0 Å². The molecule has 350 valence electrons. The first kappa shape index (κ1) is 48.9. The minimum atomic E-state index is -1.45. The Balaban J connectivity index is 0.00000608. The van der Waals surface area contributed by atoms with Crippen molar-refractivity contribution in [3.05, 3.63) is 146 Å². The van der Waals surface area contributed by atoms with Crippen LogP contribution in [-0.2, 0) is 27.5 Å². The minimum absolute atomic E-state index is 0. The molecular weight excluding hydrogens is 1010 g/mol. The molecule has 9 rings (SSSR count). The summed E-state index contributed by atoms with van der Waals surface area (Å²) in [5.74, 6) is -1.14. The third-order valence-electron chi connectivity index (χ3n) is 13.5. The molecule has 67 heavy (non-hydrogen) atoms. The van der Waals surface area contributed by atoms with Crippen LogP contribution in [0.25, 0.3) is 0 Å². The van der Waals surface area contributed by atoms with Crippen LogP contribution >= 0.6 is 37.9 Å². The quantitative estimate of drug-likeness (QED) is 0.0403. The van der Waals surface area contributed by atoms with Gasteiger partial charge >= 0.3 is 0 Å². The van der Waals surface area contributed by atoms with Gasteiger partial charge in [-0.2, -0.15) is 17.7 Å². The number of benzene rings is 6. The van der Waals surface area contributed by atoms with E-state index in [-0.39, 0.29) is 78.9 Å². The molecule has 0 spiro atoms. The third-order valence-corrected chi connectivity index (χ3v) is 14.6. The number of ether oxygens (including phenoxy) is 3. The smallest absolute Gasteiger partial charge is 0.165 e. The van der Waals surface area contributed by atoms with E-state index >= 15 is 0 Å². The van der Waals surface area contributed by atoms with E-state index in [1.165, 1.54) is 23.8 Å². The van der Waals surface area contributed by atoms with Crippen LogP contribution < -0.4 is 32.3 Å². The molecule has 6 aromatic carbocycles. The van der Waals surface area contributed by atoms with E-state index in [4.69, 9.17) is 32.3 Å². The fourth-order valence-corrected chi connectivity index (χ4v) is 10.7. The maximum atomic E-state index is 12.9. The Kier molecular flexibility index (Phi) is 14.2. The maximum Gasteiger partial charge on any atom is 0.165 e. The van der Waals surface area contributed by atoms with Crippen LogP contribution in [-0.4, -0.2) is 31.6 Å². The van der Waals surface area contributed by atoms with Crippen LogP contribution in [0.15, 0.2) is 78.9 Å². The Bertz CT molecular complexity index is 2880. The molecule has 0 radical (unpaired) electrons. The number of fused-ring (bicyclic) bond motifs is 3. The number of aryl methyl sites for hydroxylation is 3. The maximum absolute atomic E-state index is 12.9. The van der Waals surface area contributed by atoms with Crippen LogP contribution in [0.4, 0.5) is 0 Å². The predicted molar refractivity (Wildman–Crippen MR) is 262 cm³/mol. The topological polar surface area (TPSA) is 166 Å². The Morgan fingerprint density at radius 1 is 0.567 bits per heavy atom. The molecule has 12 unspecified atom stereocenters. The summed E-state index contributed by atoms with van der Waals surface area (Å²) in [6.07, 6.45) is -2.98. The molecule has 0 aliphatic carbocycles. The van der Waals surface area contributed by atoms with Gasteiger partial charge in [-0.1, -0.05) is 51.1 Å². The second kappa shape index (κ2) is 19.5. The van der Waals surface area contributed by atoms with Crippen LogP contribution in [0.2, 0.25) is 0 Å². The van der Waals surface area contributed by atoms with Crippen molar-refractivity contribution in [2.24, 2.45) is 11.8 Å². The zero-order valence-corrected chi connectivity index (χ0v) is 43.8. The van der Waals surface area contributed by atoms with Gasteiger partial charge in [-0.05, 0) is 78.3 Å². The van der Waals surface area contributed by atoms with Gasteiger partial charge < -0.3 is 57.8 Å². The molecule has 0 fully saturated rings. The molecule has 0 aromatic heterocycles. The van der Waals surface area contributed by atoms with Gasteiger partial charge in [0.05, 0.1) is 43.8 Å². The molecule has 0 saturated carbocycles. The van der Waals surface area contributed by atoms with E-state index in [0.29, 0.717) is 57.2 Å². The van der Waals surface area contributed by atoms with E-state index in [0.717, 1.165) is 22.3 Å². The van der Waals surface area contributed by atoms with Crippen LogP contribution in [0.3, 0.4) is 0 Å². The van der Waals surface area contributed by atoms with Crippen molar-refractivity contribution < 1.29 is 78.9 Å². The summed E-state index contributed by atoms with van der Waals surface area (Å²) in [7, 11) is 8.82. The van der Waals surface area contributed by atoms with E-state index in [1.807, 2.05) is 19.9 Å². The van der Waals surface area contributed by atoms with Crippen LogP contribution in [0.5, 0.6) is 63.2 Å². The summed E-state index contributed by atoms with van der Waals surface area (Å²) in [6.45, 7) is 10.4. The molecule has 6 aromatic rings. The summed E-state index contributed by atoms with van der Waals surface area (Å²) in [4.78, 5) is 0. The van der Waals surface area contributed by atoms with Crippen LogP contribution in [0.1, 0.15) is 105 Å². The molecule has 17 heteroatoms. The van der Waals surface area contributed by atoms with Crippen LogP contribution in [0, 0.1) is 38.7 Å². The number of hydrogen-bond donors (Lipinski definition) is 5. The fraction of sp³-hybridized carbons (Fsp3) is 0.280.